The highest BCUT2D eigenvalue weighted by Crippen LogP contribution is 2.58. The number of aliphatic hydroxyl groups excluding tert-OH is 1. The van der Waals surface area contributed by atoms with Crippen LogP contribution < -0.4 is 0 Å². The van der Waals surface area contributed by atoms with E-state index in [1.54, 1.807) is 36.4 Å². The molecule has 4 rings (SSSR count). The summed E-state index contributed by atoms with van der Waals surface area (Å²) in [6.45, 7) is 8.24. The maximum absolute atomic E-state index is 13.1. The van der Waals surface area contributed by atoms with Crippen LogP contribution in [-0.4, -0.2) is 42.1 Å². The highest BCUT2D eigenvalue weighted by Gasteiger charge is 2.56. The van der Waals surface area contributed by atoms with Crippen molar-refractivity contribution in [3.8, 4) is 0 Å². The largest absolute Gasteiger partial charge is 0.461 e. The van der Waals surface area contributed by atoms with Gasteiger partial charge < -0.3 is 14.6 Å². The van der Waals surface area contributed by atoms with Crippen LogP contribution in [-0.2, 0) is 19.1 Å². The first-order valence-electron chi connectivity index (χ1n) is 11.4. The Labute approximate surface area is 194 Å². The van der Waals surface area contributed by atoms with Crippen molar-refractivity contribution in [3.63, 3.8) is 0 Å². The molecule has 33 heavy (non-hydrogen) atoms. The van der Waals surface area contributed by atoms with E-state index in [9.17, 15) is 19.5 Å². The number of benzene rings is 1. The molecule has 2 fully saturated rings. The second-order valence-corrected chi connectivity index (χ2v) is 9.73. The predicted octanol–water partition coefficient (Wildman–Crippen LogP) is 3.81. The average Bonchev–Trinajstić information content (AvgIpc) is 3.12. The van der Waals surface area contributed by atoms with Gasteiger partial charge in [-0.05, 0) is 61.6 Å². The van der Waals surface area contributed by atoms with Crippen LogP contribution in [0.15, 0.2) is 66.3 Å². The lowest BCUT2D eigenvalue weighted by molar-refractivity contribution is -0.136. The SMILES string of the molecule is C=C1CC[C@H]2[C@@](C)(C=CC(=O)[C@@]2(C)COC(=O)c2ccccc2)[C@@H]1C/C=C1/C(=O)OC[C@H]1O. The minimum Gasteiger partial charge on any atom is -0.461 e. The molecule has 1 heterocycles. The van der Waals surface area contributed by atoms with Gasteiger partial charge in [-0.25, -0.2) is 9.59 Å². The monoisotopic (exact) mass is 450 g/mol. The van der Waals surface area contributed by atoms with E-state index >= 15 is 0 Å². The van der Waals surface area contributed by atoms with Crippen LogP contribution in [0.3, 0.4) is 0 Å². The molecule has 6 heteroatoms. The van der Waals surface area contributed by atoms with Crippen LogP contribution in [0.4, 0.5) is 0 Å². The van der Waals surface area contributed by atoms with E-state index in [0.29, 0.717) is 12.0 Å². The molecule has 5 atom stereocenters. The van der Waals surface area contributed by atoms with Crippen molar-refractivity contribution in [2.24, 2.45) is 22.7 Å². The molecular formula is C27H30O6. The van der Waals surface area contributed by atoms with Crippen LogP contribution in [0, 0.1) is 22.7 Å². The summed E-state index contributed by atoms with van der Waals surface area (Å²) in [6, 6.07) is 8.75. The van der Waals surface area contributed by atoms with Crippen LogP contribution >= 0.6 is 0 Å². The first-order valence-corrected chi connectivity index (χ1v) is 11.4. The van der Waals surface area contributed by atoms with Crippen LogP contribution in [0.25, 0.3) is 0 Å². The van der Waals surface area contributed by atoms with Gasteiger partial charge in [0, 0.05) is 0 Å². The minimum absolute atomic E-state index is 0.00448. The van der Waals surface area contributed by atoms with Gasteiger partial charge in [-0.2, -0.15) is 0 Å². The molecule has 1 saturated heterocycles. The van der Waals surface area contributed by atoms with E-state index in [1.165, 1.54) is 0 Å². The Morgan fingerprint density at radius 3 is 2.67 bits per heavy atom. The van der Waals surface area contributed by atoms with Crippen molar-refractivity contribution in [3.05, 3.63) is 71.8 Å². The summed E-state index contributed by atoms with van der Waals surface area (Å²) >= 11 is 0. The zero-order valence-corrected chi connectivity index (χ0v) is 19.1. The van der Waals surface area contributed by atoms with Gasteiger partial charge in [-0.1, -0.05) is 49.4 Å². The zero-order valence-electron chi connectivity index (χ0n) is 19.1. The molecule has 6 nitrogen and oxygen atoms in total. The normalized spacial score (nSPS) is 34.8. The fraction of sp³-hybridized carbons (Fsp3) is 0.444. The molecular weight excluding hydrogens is 420 g/mol. The second-order valence-electron chi connectivity index (χ2n) is 9.73. The van der Waals surface area contributed by atoms with Gasteiger partial charge in [0.2, 0.25) is 0 Å². The molecule has 3 aliphatic rings. The van der Waals surface area contributed by atoms with Crippen LogP contribution in [0.1, 0.15) is 43.5 Å². The highest BCUT2D eigenvalue weighted by molar-refractivity contribution is 5.97. The van der Waals surface area contributed by atoms with E-state index in [-0.39, 0.29) is 36.4 Å². The number of fused-ring (bicyclic) bond motifs is 1. The van der Waals surface area contributed by atoms with E-state index in [2.05, 4.69) is 13.5 Å². The van der Waals surface area contributed by atoms with Gasteiger partial charge in [0.25, 0.3) is 0 Å². The average molecular weight is 451 g/mol. The first kappa shape index (κ1) is 23.2. The van der Waals surface area contributed by atoms with Crippen molar-refractivity contribution < 1.29 is 29.0 Å². The number of cyclic esters (lactones) is 1. The Kier molecular flexibility index (Phi) is 6.14. The minimum atomic E-state index is -0.913. The number of carbonyl (C=O) groups excluding carboxylic acids is 3. The maximum atomic E-state index is 13.1. The van der Waals surface area contributed by atoms with E-state index < -0.39 is 28.9 Å². The number of aliphatic hydroxyl groups is 1. The third kappa shape index (κ3) is 4.08. The van der Waals surface area contributed by atoms with Gasteiger partial charge in [0.15, 0.2) is 5.78 Å². The van der Waals surface area contributed by atoms with Gasteiger partial charge in [-0.3, -0.25) is 4.79 Å². The number of ketones is 1. The maximum Gasteiger partial charge on any atom is 0.338 e. The quantitative estimate of drug-likeness (QED) is 0.417. The van der Waals surface area contributed by atoms with Crippen molar-refractivity contribution in [2.45, 2.75) is 39.2 Å². The molecule has 0 bridgehead atoms. The van der Waals surface area contributed by atoms with E-state index in [0.717, 1.165) is 18.4 Å². The Morgan fingerprint density at radius 1 is 1.27 bits per heavy atom. The topological polar surface area (TPSA) is 89.9 Å². The lowest BCUT2D eigenvalue weighted by atomic mass is 9.49. The van der Waals surface area contributed by atoms with Crippen molar-refractivity contribution >= 4 is 17.7 Å². The number of hydrogen-bond donors (Lipinski definition) is 1. The third-order valence-electron chi connectivity index (χ3n) is 7.73. The molecule has 2 aliphatic carbocycles. The number of ether oxygens (including phenoxy) is 2. The highest BCUT2D eigenvalue weighted by atomic mass is 16.6. The first-order chi connectivity index (χ1) is 15.7. The van der Waals surface area contributed by atoms with Crippen molar-refractivity contribution in [1.82, 2.24) is 0 Å². The lowest BCUT2D eigenvalue weighted by Crippen LogP contribution is -2.54. The summed E-state index contributed by atoms with van der Waals surface area (Å²) < 4.78 is 10.6. The van der Waals surface area contributed by atoms with Gasteiger partial charge in [-0.15, -0.1) is 0 Å². The molecule has 0 radical (unpaired) electrons. The molecule has 1 saturated carbocycles. The third-order valence-corrected chi connectivity index (χ3v) is 7.73. The Bertz CT molecular complexity index is 1040. The summed E-state index contributed by atoms with van der Waals surface area (Å²) in [5.41, 5.74) is 0.497. The zero-order chi connectivity index (χ0) is 23.8. The number of hydrogen-bond acceptors (Lipinski definition) is 6. The van der Waals surface area contributed by atoms with Gasteiger partial charge in [0.1, 0.15) is 19.3 Å². The Morgan fingerprint density at radius 2 is 2.00 bits per heavy atom. The van der Waals surface area contributed by atoms with Crippen molar-refractivity contribution in [2.75, 3.05) is 13.2 Å². The number of allylic oxidation sites excluding steroid dienone is 4. The van der Waals surface area contributed by atoms with Crippen LogP contribution in [0.5, 0.6) is 0 Å². The smallest absolute Gasteiger partial charge is 0.338 e. The molecule has 174 valence electrons. The number of carbonyl (C=O) groups is 3. The fourth-order valence-corrected chi connectivity index (χ4v) is 5.75. The molecule has 1 aromatic rings. The molecule has 1 N–H and O–H groups in total. The van der Waals surface area contributed by atoms with Gasteiger partial charge >= 0.3 is 11.9 Å². The van der Waals surface area contributed by atoms with E-state index in [1.807, 2.05) is 19.1 Å². The summed E-state index contributed by atoms with van der Waals surface area (Å²) in [6.07, 6.45) is 6.39. The number of rotatable bonds is 5. The van der Waals surface area contributed by atoms with Crippen LogP contribution in [0.2, 0.25) is 0 Å². The van der Waals surface area contributed by atoms with Gasteiger partial charge in [0.05, 0.1) is 16.6 Å². The Hall–Kier alpha value is -2.99. The summed E-state index contributed by atoms with van der Waals surface area (Å²) in [4.78, 5) is 37.6. The predicted molar refractivity (Wildman–Crippen MR) is 122 cm³/mol. The summed E-state index contributed by atoms with van der Waals surface area (Å²) in [7, 11) is 0. The molecule has 0 spiro atoms. The van der Waals surface area contributed by atoms with Crippen molar-refractivity contribution in [1.29, 1.82) is 0 Å². The molecule has 0 amide bonds. The molecule has 1 aromatic carbocycles. The lowest BCUT2D eigenvalue weighted by Gasteiger charge is -2.55. The summed E-state index contributed by atoms with van der Waals surface area (Å²) in [5.74, 6) is -1.09. The fourth-order valence-electron chi connectivity index (χ4n) is 5.75. The van der Waals surface area contributed by atoms with E-state index in [4.69, 9.17) is 9.47 Å². The molecule has 0 unspecified atom stereocenters. The summed E-state index contributed by atoms with van der Waals surface area (Å²) in [5, 5.41) is 10.0. The number of esters is 2. The standard InChI is InChI=1S/C27H30O6/c1-17-9-12-22-26(2,20(17)11-10-19-21(28)15-32-25(19)31)14-13-23(29)27(22,3)16-33-24(30)18-7-5-4-6-8-18/h4-8,10,13-14,20-22,28H,1,9,11-12,15-16H2,2-3H3/b19-10+/t20-,21-,22+,26+,27+/m1/s1. The molecule has 0 aromatic heterocycles. The molecule has 1 aliphatic heterocycles. The Balaban J connectivity index is 1.58. The second kappa shape index (κ2) is 8.75.